The van der Waals surface area contributed by atoms with Gasteiger partial charge in [0.05, 0.1) is 12.1 Å². The maximum Gasteiger partial charge on any atom is 0.230 e. The number of thiazole rings is 1. The van der Waals surface area contributed by atoms with Crippen LogP contribution in [0.25, 0.3) is 10.6 Å². The molecule has 0 saturated carbocycles. The van der Waals surface area contributed by atoms with Crippen molar-refractivity contribution in [3.63, 3.8) is 0 Å². The molecule has 6 heteroatoms. The van der Waals surface area contributed by atoms with Gasteiger partial charge in [0, 0.05) is 35.6 Å². The van der Waals surface area contributed by atoms with E-state index in [-0.39, 0.29) is 12.3 Å². The zero-order valence-corrected chi connectivity index (χ0v) is 15.1. The van der Waals surface area contributed by atoms with Crippen molar-refractivity contribution in [1.29, 1.82) is 0 Å². The zero-order chi connectivity index (χ0) is 17.6. The first kappa shape index (κ1) is 17.3. The Labute approximate surface area is 151 Å². The van der Waals surface area contributed by atoms with Crippen molar-refractivity contribution in [3.8, 4) is 10.6 Å². The molecule has 0 aliphatic carbocycles. The van der Waals surface area contributed by atoms with Crippen LogP contribution in [0.2, 0.25) is 0 Å². The summed E-state index contributed by atoms with van der Waals surface area (Å²) in [6.07, 6.45) is 3.77. The second kappa shape index (κ2) is 8.00. The average Bonchev–Trinajstić information content (AvgIpc) is 3.03. The van der Waals surface area contributed by atoms with Crippen LogP contribution in [0.15, 0.2) is 54.2 Å². The highest BCUT2D eigenvalue weighted by atomic mass is 32.1. The topological polar surface area (TPSA) is 58.1 Å². The summed E-state index contributed by atoms with van der Waals surface area (Å²) in [4.78, 5) is 23.0. The van der Waals surface area contributed by atoms with Gasteiger partial charge in [0.15, 0.2) is 0 Å². The SMILES string of the molecule is CN(C)Cc1cccc(NC(=O)Cc2csc(-c3cccnc3)n2)c1. The number of anilines is 1. The summed E-state index contributed by atoms with van der Waals surface area (Å²) in [6.45, 7) is 0.838. The number of pyridine rings is 1. The van der Waals surface area contributed by atoms with E-state index in [1.165, 1.54) is 11.3 Å². The maximum absolute atomic E-state index is 12.3. The van der Waals surface area contributed by atoms with Crippen molar-refractivity contribution < 1.29 is 4.79 Å². The van der Waals surface area contributed by atoms with E-state index in [1.807, 2.05) is 49.8 Å². The van der Waals surface area contributed by atoms with Crippen LogP contribution < -0.4 is 5.32 Å². The highest BCUT2D eigenvalue weighted by molar-refractivity contribution is 7.13. The molecule has 0 saturated heterocycles. The normalized spacial score (nSPS) is 10.8. The number of amides is 1. The number of carbonyl (C=O) groups is 1. The molecule has 0 spiro atoms. The minimum atomic E-state index is -0.0648. The van der Waals surface area contributed by atoms with Gasteiger partial charge in [-0.2, -0.15) is 0 Å². The molecule has 1 aromatic carbocycles. The molecule has 0 fully saturated rings. The minimum Gasteiger partial charge on any atom is -0.326 e. The largest absolute Gasteiger partial charge is 0.326 e. The number of benzene rings is 1. The second-order valence-electron chi connectivity index (χ2n) is 6.05. The fourth-order valence-corrected chi connectivity index (χ4v) is 3.30. The van der Waals surface area contributed by atoms with Crippen LogP contribution in [0.3, 0.4) is 0 Å². The van der Waals surface area contributed by atoms with Gasteiger partial charge < -0.3 is 10.2 Å². The molecule has 0 atom stereocenters. The van der Waals surface area contributed by atoms with E-state index < -0.39 is 0 Å². The molecule has 0 aliphatic heterocycles. The molecular weight excluding hydrogens is 332 g/mol. The number of aromatic nitrogens is 2. The molecule has 5 nitrogen and oxygen atoms in total. The monoisotopic (exact) mass is 352 g/mol. The van der Waals surface area contributed by atoms with E-state index in [4.69, 9.17) is 0 Å². The molecule has 1 N–H and O–H groups in total. The zero-order valence-electron chi connectivity index (χ0n) is 14.3. The van der Waals surface area contributed by atoms with Crippen molar-refractivity contribution in [2.45, 2.75) is 13.0 Å². The third kappa shape index (κ3) is 4.95. The van der Waals surface area contributed by atoms with Gasteiger partial charge in [-0.05, 0) is 43.9 Å². The van der Waals surface area contributed by atoms with Crippen LogP contribution in [0, 0.1) is 0 Å². The third-order valence-electron chi connectivity index (χ3n) is 3.51. The second-order valence-corrected chi connectivity index (χ2v) is 6.91. The molecule has 1 amide bonds. The van der Waals surface area contributed by atoms with Crippen LogP contribution in [0.5, 0.6) is 0 Å². The van der Waals surface area contributed by atoms with Crippen LogP contribution in [-0.4, -0.2) is 34.9 Å². The Balaban J connectivity index is 1.62. The van der Waals surface area contributed by atoms with Crippen molar-refractivity contribution in [3.05, 3.63) is 65.4 Å². The van der Waals surface area contributed by atoms with Crippen LogP contribution in [0.4, 0.5) is 5.69 Å². The number of rotatable bonds is 6. The molecule has 2 heterocycles. The Morgan fingerprint density at radius 2 is 2.12 bits per heavy atom. The van der Waals surface area contributed by atoms with Gasteiger partial charge in [-0.25, -0.2) is 4.98 Å². The molecule has 3 rings (SSSR count). The molecule has 0 aliphatic rings. The summed E-state index contributed by atoms with van der Waals surface area (Å²) in [7, 11) is 4.04. The van der Waals surface area contributed by atoms with Gasteiger partial charge in [0.25, 0.3) is 0 Å². The van der Waals surface area contributed by atoms with E-state index in [9.17, 15) is 4.79 Å². The Morgan fingerprint density at radius 3 is 2.88 bits per heavy atom. The van der Waals surface area contributed by atoms with Crippen molar-refractivity contribution in [1.82, 2.24) is 14.9 Å². The third-order valence-corrected chi connectivity index (χ3v) is 4.45. The summed E-state index contributed by atoms with van der Waals surface area (Å²) in [6, 6.07) is 11.8. The van der Waals surface area contributed by atoms with Gasteiger partial charge in [-0.15, -0.1) is 11.3 Å². The lowest BCUT2D eigenvalue weighted by Gasteiger charge is -2.11. The Kier molecular flexibility index (Phi) is 5.53. The number of hydrogen-bond donors (Lipinski definition) is 1. The summed E-state index contributed by atoms with van der Waals surface area (Å²) >= 11 is 1.52. The van der Waals surface area contributed by atoms with Gasteiger partial charge in [-0.1, -0.05) is 12.1 Å². The number of hydrogen-bond acceptors (Lipinski definition) is 5. The number of nitrogens with zero attached hydrogens (tertiary/aromatic N) is 3. The average molecular weight is 352 g/mol. The summed E-state index contributed by atoms with van der Waals surface area (Å²) < 4.78 is 0. The molecule has 0 unspecified atom stereocenters. The van der Waals surface area contributed by atoms with E-state index in [2.05, 4.69) is 26.3 Å². The summed E-state index contributed by atoms with van der Waals surface area (Å²) in [5.41, 5.74) is 3.71. The van der Waals surface area contributed by atoms with Gasteiger partial charge in [0.2, 0.25) is 5.91 Å². The molecule has 128 valence electrons. The quantitative estimate of drug-likeness (QED) is 0.738. The predicted molar refractivity (Wildman–Crippen MR) is 102 cm³/mol. The summed E-state index contributed by atoms with van der Waals surface area (Å²) in [5.74, 6) is -0.0648. The standard InChI is InChI=1S/C19H20N4OS/c1-23(2)12-14-5-3-7-16(9-14)21-18(24)10-17-13-25-19(22-17)15-6-4-8-20-11-15/h3-9,11,13H,10,12H2,1-2H3,(H,21,24). The van der Waals surface area contributed by atoms with Crippen LogP contribution >= 0.6 is 11.3 Å². The number of carbonyl (C=O) groups excluding carboxylic acids is 1. The minimum absolute atomic E-state index is 0.0648. The van der Waals surface area contributed by atoms with Crippen molar-refractivity contribution in [2.24, 2.45) is 0 Å². The molecule has 3 aromatic rings. The fourth-order valence-electron chi connectivity index (χ4n) is 2.49. The van der Waals surface area contributed by atoms with Gasteiger partial charge in [0.1, 0.15) is 5.01 Å². The summed E-state index contributed by atoms with van der Waals surface area (Å²) in [5, 5.41) is 5.75. The molecule has 0 radical (unpaired) electrons. The van der Waals surface area contributed by atoms with Crippen molar-refractivity contribution >= 4 is 22.9 Å². The lowest BCUT2D eigenvalue weighted by atomic mass is 10.2. The van der Waals surface area contributed by atoms with Crippen molar-refractivity contribution in [2.75, 3.05) is 19.4 Å². The molecule has 0 bridgehead atoms. The molecular formula is C19H20N4OS. The lowest BCUT2D eigenvalue weighted by molar-refractivity contribution is -0.115. The van der Waals surface area contributed by atoms with E-state index in [0.29, 0.717) is 0 Å². The van der Waals surface area contributed by atoms with Gasteiger partial charge >= 0.3 is 0 Å². The molecule has 25 heavy (non-hydrogen) atoms. The first-order valence-electron chi connectivity index (χ1n) is 7.98. The Hall–Kier alpha value is -2.57. The lowest BCUT2D eigenvalue weighted by Crippen LogP contribution is -2.15. The fraction of sp³-hybridized carbons (Fsp3) is 0.211. The Bertz CT molecular complexity index is 845. The highest BCUT2D eigenvalue weighted by Crippen LogP contribution is 2.23. The maximum atomic E-state index is 12.3. The van der Waals surface area contributed by atoms with Crippen LogP contribution in [-0.2, 0) is 17.8 Å². The van der Waals surface area contributed by atoms with Gasteiger partial charge in [-0.3, -0.25) is 9.78 Å². The van der Waals surface area contributed by atoms with Crippen LogP contribution in [0.1, 0.15) is 11.3 Å². The smallest absolute Gasteiger partial charge is 0.230 e. The molecule has 2 aromatic heterocycles. The van der Waals surface area contributed by atoms with E-state index >= 15 is 0 Å². The highest BCUT2D eigenvalue weighted by Gasteiger charge is 2.10. The van der Waals surface area contributed by atoms with E-state index in [0.717, 1.165) is 34.1 Å². The number of nitrogens with one attached hydrogen (secondary N) is 1. The first-order valence-corrected chi connectivity index (χ1v) is 8.86. The first-order chi connectivity index (χ1) is 12.1. The Morgan fingerprint density at radius 1 is 1.24 bits per heavy atom. The van der Waals surface area contributed by atoms with E-state index in [1.54, 1.807) is 12.4 Å². The predicted octanol–water partition coefficient (Wildman–Crippen LogP) is 3.45.